The molecular formula is C20H16N4O. The van der Waals surface area contributed by atoms with Crippen LogP contribution in [0, 0.1) is 6.92 Å². The molecule has 0 atom stereocenters. The lowest BCUT2D eigenvalue weighted by Gasteiger charge is -2.09. The number of benzene rings is 2. The standard InChI is InChI=1S/C20H16N4O/c1-14-12-19-21-18(22-20(25)16-10-6-3-7-11-16)13-17(24(19)23-14)15-8-4-2-5-9-15/h2-13H,1H3,(H,21,22,25). The number of aryl methyl sites for hydroxylation is 1. The highest BCUT2D eigenvalue weighted by Gasteiger charge is 2.12. The number of hydrogen-bond acceptors (Lipinski definition) is 3. The minimum absolute atomic E-state index is 0.187. The van der Waals surface area contributed by atoms with Gasteiger partial charge >= 0.3 is 0 Å². The van der Waals surface area contributed by atoms with Crippen LogP contribution >= 0.6 is 0 Å². The number of amides is 1. The van der Waals surface area contributed by atoms with Gasteiger partial charge in [-0.25, -0.2) is 9.50 Å². The molecule has 0 saturated heterocycles. The molecule has 0 aliphatic rings. The topological polar surface area (TPSA) is 59.3 Å². The lowest BCUT2D eigenvalue weighted by molar-refractivity contribution is 0.102. The van der Waals surface area contributed by atoms with E-state index in [0.29, 0.717) is 17.0 Å². The Balaban J connectivity index is 1.79. The minimum Gasteiger partial charge on any atom is -0.306 e. The van der Waals surface area contributed by atoms with E-state index in [0.717, 1.165) is 17.0 Å². The summed E-state index contributed by atoms with van der Waals surface area (Å²) in [5.41, 5.74) is 4.05. The van der Waals surface area contributed by atoms with Crippen LogP contribution in [0.4, 0.5) is 5.82 Å². The van der Waals surface area contributed by atoms with Gasteiger partial charge in [-0.15, -0.1) is 0 Å². The maximum absolute atomic E-state index is 12.4. The normalized spacial score (nSPS) is 10.8. The van der Waals surface area contributed by atoms with Crippen molar-refractivity contribution in [1.29, 1.82) is 0 Å². The number of anilines is 1. The van der Waals surface area contributed by atoms with Gasteiger partial charge in [0, 0.05) is 23.3 Å². The van der Waals surface area contributed by atoms with Gasteiger partial charge in [0.1, 0.15) is 5.82 Å². The lowest BCUT2D eigenvalue weighted by Crippen LogP contribution is -2.13. The van der Waals surface area contributed by atoms with E-state index in [1.54, 1.807) is 16.6 Å². The maximum atomic E-state index is 12.4. The van der Waals surface area contributed by atoms with Crippen LogP contribution in [0.2, 0.25) is 0 Å². The van der Waals surface area contributed by atoms with Crippen molar-refractivity contribution in [3.05, 3.63) is 84.1 Å². The van der Waals surface area contributed by atoms with Crippen LogP contribution in [0.25, 0.3) is 16.9 Å². The number of carbonyl (C=O) groups excluding carboxylic acids is 1. The van der Waals surface area contributed by atoms with E-state index in [4.69, 9.17) is 0 Å². The molecule has 0 spiro atoms. The van der Waals surface area contributed by atoms with Crippen molar-refractivity contribution in [2.45, 2.75) is 6.92 Å². The second-order valence-electron chi connectivity index (χ2n) is 5.77. The Morgan fingerprint density at radius 1 is 0.960 bits per heavy atom. The van der Waals surface area contributed by atoms with Gasteiger partial charge in [-0.05, 0) is 19.1 Å². The molecule has 25 heavy (non-hydrogen) atoms. The number of aromatic nitrogens is 3. The summed E-state index contributed by atoms with van der Waals surface area (Å²) in [4.78, 5) is 16.9. The highest BCUT2D eigenvalue weighted by molar-refractivity contribution is 6.04. The zero-order valence-electron chi connectivity index (χ0n) is 13.7. The minimum atomic E-state index is -0.187. The Hall–Kier alpha value is -3.47. The van der Waals surface area contributed by atoms with Crippen LogP contribution in [0.3, 0.4) is 0 Å². The van der Waals surface area contributed by atoms with Crippen molar-refractivity contribution < 1.29 is 4.79 Å². The molecule has 0 fully saturated rings. The molecule has 0 unspecified atom stereocenters. The highest BCUT2D eigenvalue weighted by Crippen LogP contribution is 2.23. The molecule has 2 aromatic carbocycles. The summed E-state index contributed by atoms with van der Waals surface area (Å²) in [6.07, 6.45) is 0. The van der Waals surface area contributed by atoms with Crippen molar-refractivity contribution in [3.8, 4) is 11.3 Å². The zero-order chi connectivity index (χ0) is 17.2. The lowest BCUT2D eigenvalue weighted by atomic mass is 10.1. The maximum Gasteiger partial charge on any atom is 0.256 e. The van der Waals surface area contributed by atoms with Crippen molar-refractivity contribution in [1.82, 2.24) is 14.6 Å². The fourth-order valence-electron chi connectivity index (χ4n) is 2.75. The van der Waals surface area contributed by atoms with Gasteiger partial charge in [0.15, 0.2) is 5.65 Å². The molecular weight excluding hydrogens is 312 g/mol. The Morgan fingerprint density at radius 2 is 1.64 bits per heavy atom. The Kier molecular flexibility index (Phi) is 3.74. The Labute approximate surface area is 145 Å². The van der Waals surface area contributed by atoms with E-state index in [2.05, 4.69) is 15.4 Å². The number of nitrogens with zero attached hydrogens (tertiary/aromatic N) is 3. The molecule has 0 radical (unpaired) electrons. The van der Waals surface area contributed by atoms with E-state index < -0.39 is 0 Å². The summed E-state index contributed by atoms with van der Waals surface area (Å²) in [6.45, 7) is 1.92. The Morgan fingerprint density at radius 3 is 2.36 bits per heavy atom. The highest BCUT2D eigenvalue weighted by atomic mass is 16.1. The summed E-state index contributed by atoms with van der Waals surface area (Å²) in [7, 11) is 0. The molecule has 0 aliphatic carbocycles. The van der Waals surface area contributed by atoms with E-state index >= 15 is 0 Å². The first-order chi connectivity index (χ1) is 12.2. The SMILES string of the molecule is Cc1cc2nc(NC(=O)c3ccccc3)cc(-c3ccccc3)n2n1. The average Bonchev–Trinajstić information content (AvgIpc) is 3.02. The molecule has 0 bridgehead atoms. The third-order valence-electron chi connectivity index (χ3n) is 3.90. The molecule has 2 aromatic heterocycles. The zero-order valence-corrected chi connectivity index (χ0v) is 13.7. The fourth-order valence-corrected chi connectivity index (χ4v) is 2.75. The van der Waals surface area contributed by atoms with Crippen LogP contribution in [-0.2, 0) is 0 Å². The first-order valence-corrected chi connectivity index (χ1v) is 8.00. The molecule has 4 aromatic rings. The predicted molar refractivity (Wildman–Crippen MR) is 97.6 cm³/mol. The summed E-state index contributed by atoms with van der Waals surface area (Å²) >= 11 is 0. The summed E-state index contributed by atoms with van der Waals surface area (Å²) in [5.74, 6) is 0.313. The van der Waals surface area contributed by atoms with Crippen molar-refractivity contribution >= 4 is 17.4 Å². The van der Waals surface area contributed by atoms with Crippen molar-refractivity contribution in [2.24, 2.45) is 0 Å². The van der Waals surface area contributed by atoms with E-state index in [1.165, 1.54) is 0 Å². The number of nitrogens with one attached hydrogen (secondary N) is 1. The molecule has 4 rings (SSSR count). The first kappa shape index (κ1) is 15.1. The molecule has 0 aliphatic heterocycles. The fraction of sp³-hybridized carbons (Fsp3) is 0.0500. The van der Waals surface area contributed by atoms with Gasteiger partial charge in [0.25, 0.3) is 5.91 Å². The quantitative estimate of drug-likeness (QED) is 0.619. The third kappa shape index (κ3) is 2.99. The summed E-state index contributed by atoms with van der Waals surface area (Å²) in [5, 5.41) is 7.39. The van der Waals surface area contributed by atoms with Gasteiger partial charge in [-0.3, -0.25) is 4.79 Å². The average molecular weight is 328 g/mol. The van der Waals surface area contributed by atoms with Crippen LogP contribution in [0.1, 0.15) is 16.1 Å². The van der Waals surface area contributed by atoms with Gasteiger partial charge in [-0.1, -0.05) is 48.5 Å². The molecule has 122 valence electrons. The van der Waals surface area contributed by atoms with Crippen LogP contribution < -0.4 is 5.32 Å². The molecule has 5 heteroatoms. The number of fused-ring (bicyclic) bond motifs is 1. The summed E-state index contributed by atoms with van der Waals surface area (Å²) < 4.78 is 1.79. The van der Waals surface area contributed by atoms with Gasteiger partial charge in [0.05, 0.1) is 11.4 Å². The van der Waals surface area contributed by atoms with E-state index in [-0.39, 0.29) is 5.91 Å². The van der Waals surface area contributed by atoms with Gasteiger partial charge in [-0.2, -0.15) is 5.10 Å². The molecule has 1 amide bonds. The number of carbonyl (C=O) groups is 1. The molecule has 1 N–H and O–H groups in total. The van der Waals surface area contributed by atoms with Crippen LogP contribution in [-0.4, -0.2) is 20.5 Å². The third-order valence-corrected chi connectivity index (χ3v) is 3.90. The second kappa shape index (κ2) is 6.20. The first-order valence-electron chi connectivity index (χ1n) is 8.00. The molecule has 5 nitrogen and oxygen atoms in total. The summed E-state index contributed by atoms with van der Waals surface area (Å²) in [6, 6.07) is 22.8. The Bertz CT molecular complexity index is 1040. The van der Waals surface area contributed by atoms with Crippen LogP contribution in [0.5, 0.6) is 0 Å². The number of hydrogen-bond donors (Lipinski definition) is 1. The van der Waals surface area contributed by atoms with Crippen LogP contribution in [0.15, 0.2) is 72.8 Å². The number of rotatable bonds is 3. The van der Waals surface area contributed by atoms with Crippen molar-refractivity contribution in [3.63, 3.8) is 0 Å². The van der Waals surface area contributed by atoms with E-state index in [9.17, 15) is 4.79 Å². The van der Waals surface area contributed by atoms with Gasteiger partial charge in [0.2, 0.25) is 0 Å². The smallest absolute Gasteiger partial charge is 0.256 e. The second-order valence-corrected chi connectivity index (χ2v) is 5.77. The van der Waals surface area contributed by atoms with Crippen molar-refractivity contribution in [2.75, 3.05) is 5.32 Å². The molecule has 2 heterocycles. The van der Waals surface area contributed by atoms with Gasteiger partial charge < -0.3 is 5.32 Å². The van der Waals surface area contributed by atoms with E-state index in [1.807, 2.05) is 67.6 Å². The predicted octanol–water partition coefficient (Wildman–Crippen LogP) is 3.96. The largest absolute Gasteiger partial charge is 0.306 e. The monoisotopic (exact) mass is 328 g/mol. The molecule has 0 saturated carbocycles.